The lowest BCUT2D eigenvalue weighted by atomic mass is 9.90. The molecule has 6 heteroatoms. The molecule has 0 saturated carbocycles. The second-order valence-electron chi connectivity index (χ2n) is 8.86. The molecule has 2 rings (SSSR count). The molecule has 6 nitrogen and oxygen atoms in total. The molecule has 2 amide bonds. The Hall–Kier alpha value is -2.21. The van der Waals surface area contributed by atoms with Crippen LogP contribution in [0.25, 0.3) is 0 Å². The van der Waals surface area contributed by atoms with E-state index in [1.54, 1.807) is 23.1 Å². The molecule has 0 radical (unpaired) electrons. The molecular weight excluding hydrogens is 330 g/mol. The minimum absolute atomic E-state index is 0.0649. The first-order valence-electron chi connectivity index (χ1n) is 8.85. The van der Waals surface area contributed by atoms with Crippen molar-refractivity contribution in [1.29, 1.82) is 0 Å². The SMILES string of the molecule is CC(C)(C)C(=O)CN1C(=O)C(N)CN(C(=O)C(C)(C)C)c2ccccc21. The fourth-order valence-corrected chi connectivity index (χ4v) is 2.75. The van der Waals surface area contributed by atoms with E-state index in [1.165, 1.54) is 4.90 Å². The minimum Gasteiger partial charge on any atom is -0.318 e. The van der Waals surface area contributed by atoms with Crippen LogP contribution in [0.2, 0.25) is 0 Å². The largest absolute Gasteiger partial charge is 0.318 e. The van der Waals surface area contributed by atoms with Crippen molar-refractivity contribution in [2.45, 2.75) is 47.6 Å². The highest BCUT2D eigenvalue weighted by atomic mass is 16.2. The highest BCUT2D eigenvalue weighted by Gasteiger charge is 2.38. The molecule has 1 aromatic carbocycles. The third-order valence-electron chi connectivity index (χ3n) is 4.45. The number of anilines is 2. The van der Waals surface area contributed by atoms with Gasteiger partial charge in [-0.2, -0.15) is 0 Å². The Bertz CT molecular complexity index is 729. The molecule has 1 aromatic rings. The van der Waals surface area contributed by atoms with Gasteiger partial charge in [0.1, 0.15) is 6.04 Å². The van der Waals surface area contributed by atoms with E-state index < -0.39 is 16.9 Å². The smallest absolute Gasteiger partial charge is 0.246 e. The van der Waals surface area contributed by atoms with Gasteiger partial charge in [0.25, 0.3) is 0 Å². The number of carbonyl (C=O) groups is 3. The number of nitrogens with zero attached hydrogens (tertiary/aromatic N) is 2. The topological polar surface area (TPSA) is 83.7 Å². The van der Waals surface area contributed by atoms with Gasteiger partial charge < -0.3 is 15.5 Å². The summed E-state index contributed by atoms with van der Waals surface area (Å²) < 4.78 is 0. The predicted octanol–water partition coefficient (Wildman–Crippen LogP) is 2.35. The summed E-state index contributed by atoms with van der Waals surface area (Å²) in [6.07, 6.45) is 0. The van der Waals surface area contributed by atoms with Gasteiger partial charge in [-0.1, -0.05) is 53.7 Å². The van der Waals surface area contributed by atoms with Gasteiger partial charge >= 0.3 is 0 Å². The Morgan fingerprint density at radius 2 is 1.58 bits per heavy atom. The van der Waals surface area contributed by atoms with Crippen molar-refractivity contribution in [2.75, 3.05) is 22.9 Å². The first kappa shape index (κ1) is 20.1. The number of nitrogens with two attached hydrogens (primary N) is 1. The second kappa shape index (κ2) is 6.83. The van der Waals surface area contributed by atoms with Crippen molar-refractivity contribution in [3.05, 3.63) is 24.3 Å². The second-order valence-corrected chi connectivity index (χ2v) is 8.86. The molecule has 26 heavy (non-hydrogen) atoms. The third kappa shape index (κ3) is 3.96. The van der Waals surface area contributed by atoms with Crippen LogP contribution in [0.4, 0.5) is 11.4 Å². The maximum absolute atomic E-state index is 12.9. The normalized spacial score (nSPS) is 18.4. The summed E-state index contributed by atoms with van der Waals surface area (Å²) in [5, 5.41) is 0. The van der Waals surface area contributed by atoms with Gasteiger partial charge in [-0.25, -0.2) is 0 Å². The highest BCUT2D eigenvalue weighted by Crippen LogP contribution is 2.35. The summed E-state index contributed by atoms with van der Waals surface area (Å²) >= 11 is 0. The van der Waals surface area contributed by atoms with Crippen LogP contribution in [0.3, 0.4) is 0 Å². The third-order valence-corrected chi connectivity index (χ3v) is 4.45. The molecule has 2 N–H and O–H groups in total. The number of hydrogen-bond acceptors (Lipinski definition) is 4. The Morgan fingerprint density at radius 3 is 2.08 bits per heavy atom. The number of amides is 2. The van der Waals surface area contributed by atoms with Crippen LogP contribution in [0.15, 0.2) is 24.3 Å². The summed E-state index contributed by atoms with van der Waals surface area (Å²) in [5.74, 6) is -0.528. The number of para-hydroxylation sites is 2. The number of rotatable bonds is 2. The van der Waals surface area contributed by atoms with Crippen LogP contribution in [0.5, 0.6) is 0 Å². The summed E-state index contributed by atoms with van der Waals surface area (Å²) in [7, 11) is 0. The molecule has 0 spiro atoms. The number of carbonyl (C=O) groups excluding carboxylic acids is 3. The Balaban J connectivity index is 2.55. The zero-order chi connectivity index (χ0) is 19.9. The zero-order valence-corrected chi connectivity index (χ0v) is 16.5. The van der Waals surface area contributed by atoms with Crippen LogP contribution in [-0.2, 0) is 14.4 Å². The maximum atomic E-state index is 12.9. The average molecular weight is 359 g/mol. The summed E-state index contributed by atoms with van der Waals surface area (Å²) in [4.78, 5) is 41.4. The Labute approximate surface area is 155 Å². The van der Waals surface area contributed by atoms with E-state index in [0.717, 1.165) is 0 Å². The molecule has 1 heterocycles. The fraction of sp³-hybridized carbons (Fsp3) is 0.550. The molecule has 0 fully saturated rings. The number of benzene rings is 1. The average Bonchev–Trinajstić information content (AvgIpc) is 2.63. The molecular formula is C20H29N3O3. The van der Waals surface area contributed by atoms with E-state index in [1.807, 2.05) is 47.6 Å². The zero-order valence-electron chi connectivity index (χ0n) is 16.5. The number of Topliss-reactive ketones (excluding diaryl/α,β-unsaturated/α-hetero) is 1. The van der Waals surface area contributed by atoms with E-state index in [4.69, 9.17) is 5.73 Å². The van der Waals surface area contributed by atoms with Crippen molar-refractivity contribution in [1.82, 2.24) is 0 Å². The number of hydrogen-bond donors (Lipinski definition) is 1. The first-order chi connectivity index (χ1) is 11.8. The number of ketones is 1. The molecule has 1 aliphatic heterocycles. The lowest BCUT2D eigenvalue weighted by Crippen LogP contribution is -2.51. The van der Waals surface area contributed by atoms with Gasteiger partial charge in [-0.05, 0) is 12.1 Å². The van der Waals surface area contributed by atoms with Crippen LogP contribution in [0.1, 0.15) is 41.5 Å². The van der Waals surface area contributed by atoms with Gasteiger partial charge in [0.2, 0.25) is 11.8 Å². The van der Waals surface area contributed by atoms with Crippen LogP contribution in [0, 0.1) is 10.8 Å². The van der Waals surface area contributed by atoms with Crippen molar-refractivity contribution in [2.24, 2.45) is 16.6 Å². The highest BCUT2D eigenvalue weighted by molar-refractivity contribution is 6.10. The fourth-order valence-electron chi connectivity index (χ4n) is 2.75. The summed E-state index contributed by atoms with van der Waals surface area (Å²) in [6, 6.07) is 6.26. The van der Waals surface area contributed by atoms with E-state index in [-0.39, 0.29) is 30.7 Å². The van der Waals surface area contributed by atoms with Crippen molar-refractivity contribution < 1.29 is 14.4 Å². The molecule has 0 bridgehead atoms. The molecule has 0 saturated heterocycles. The summed E-state index contributed by atoms with van der Waals surface area (Å²) in [5.41, 5.74) is 6.06. The lowest BCUT2D eigenvalue weighted by molar-refractivity contribution is -0.128. The van der Waals surface area contributed by atoms with Gasteiger partial charge in [0.05, 0.1) is 24.5 Å². The molecule has 1 aliphatic rings. The standard InChI is InChI=1S/C20H29N3O3/c1-19(2,3)16(24)12-22-14-9-7-8-10-15(14)23(11-13(21)17(22)25)18(26)20(4,5)6/h7-10,13H,11-12,21H2,1-6H3. The molecule has 1 unspecified atom stereocenters. The van der Waals surface area contributed by atoms with Crippen molar-refractivity contribution in [3.63, 3.8) is 0 Å². The van der Waals surface area contributed by atoms with Gasteiger partial charge in [0.15, 0.2) is 5.78 Å². The molecule has 0 aromatic heterocycles. The maximum Gasteiger partial charge on any atom is 0.246 e. The lowest BCUT2D eigenvalue weighted by Gasteiger charge is -2.30. The van der Waals surface area contributed by atoms with E-state index >= 15 is 0 Å². The van der Waals surface area contributed by atoms with Gasteiger partial charge in [0, 0.05) is 10.8 Å². The van der Waals surface area contributed by atoms with E-state index in [0.29, 0.717) is 11.4 Å². The number of fused-ring (bicyclic) bond motifs is 1. The monoisotopic (exact) mass is 359 g/mol. The van der Waals surface area contributed by atoms with Crippen molar-refractivity contribution >= 4 is 29.0 Å². The van der Waals surface area contributed by atoms with E-state index in [2.05, 4.69) is 0 Å². The summed E-state index contributed by atoms with van der Waals surface area (Å²) in [6.45, 7) is 11.0. The quantitative estimate of drug-likeness (QED) is 0.878. The molecule has 0 aliphatic carbocycles. The van der Waals surface area contributed by atoms with Crippen LogP contribution >= 0.6 is 0 Å². The predicted molar refractivity (Wildman–Crippen MR) is 103 cm³/mol. The van der Waals surface area contributed by atoms with Crippen LogP contribution in [-0.4, -0.2) is 36.7 Å². The molecule has 142 valence electrons. The van der Waals surface area contributed by atoms with Gasteiger partial charge in [-0.15, -0.1) is 0 Å². The minimum atomic E-state index is -0.888. The Morgan fingerprint density at radius 1 is 1.04 bits per heavy atom. The van der Waals surface area contributed by atoms with Crippen LogP contribution < -0.4 is 15.5 Å². The van der Waals surface area contributed by atoms with Gasteiger partial charge in [-0.3, -0.25) is 14.4 Å². The molecule has 1 atom stereocenters. The van der Waals surface area contributed by atoms with E-state index in [9.17, 15) is 14.4 Å². The van der Waals surface area contributed by atoms with Crippen molar-refractivity contribution in [3.8, 4) is 0 Å². The first-order valence-corrected chi connectivity index (χ1v) is 8.85. The Kier molecular flexibility index (Phi) is 5.29.